The first-order valence-electron chi connectivity index (χ1n) is 15.4. The second-order valence-electron chi connectivity index (χ2n) is 12.7. The van der Waals surface area contributed by atoms with E-state index in [1.54, 1.807) is 20.2 Å². The molecule has 6 rings (SSSR count). The van der Waals surface area contributed by atoms with Gasteiger partial charge in [-0.05, 0) is 91.8 Å². The molecule has 0 fully saturated rings. The summed E-state index contributed by atoms with van der Waals surface area (Å²) in [6.07, 6.45) is 1.10. The summed E-state index contributed by atoms with van der Waals surface area (Å²) in [5.41, 5.74) is 6.10. The Morgan fingerprint density at radius 3 is 2.30 bits per heavy atom. The van der Waals surface area contributed by atoms with Crippen LogP contribution in [0.1, 0.15) is 33.5 Å². The van der Waals surface area contributed by atoms with Crippen LogP contribution in [0.25, 0.3) is 11.1 Å². The minimum atomic E-state index is -2.67. The van der Waals surface area contributed by atoms with Crippen LogP contribution in [0.15, 0.2) is 83.3 Å². The monoisotopic (exact) mass is 657 g/mol. The number of primary amides is 1. The van der Waals surface area contributed by atoms with E-state index in [4.69, 9.17) is 17.3 Å². The number of phenols is 1. The Labute approximate surface area is 276 Å². The van der Waals surface area contributed by atoms with Gasteiger partial charge in [0.25, 0.3) is 5.91 Å². The highest BCUT2D eigenvalue weighted by molar-refractivity contribution is 6.30. The Kier molecular flexibility index (Phi) is 8.48. The number of likely N-dealkylation sites (N-methyl/N-ethyl adjacent to an activating group) is 1. The van der Waals surface area contributed by atoms with Gasteiger partial charge in [0.15, 0.2) is 11.4 Å². The van der Waals surface area contributed by atoms with Crippen LogP contribution in [0.3, 0.4) is 0 Å². The van der Waals surface area contributed by atoms with Crippen LogP contribution in [0.2, 0.25) is 5.02 Å². The molecule has 1 unspecified atom stereocenters. The van der Waals surface area contributed by atoms with Gasteiger partial charge in [-0.15, -0.1) is 0 Å². The summed E-state index contributed by atoms with van der Waals surface area (Å²) in [5, 5.41) is 49.3. The van der Waals surface area contributed by atoms with E-state index in [1.165, 1.54) is 16.5 Å². The number of nitrogens with two attached hydrogens (primary N) is 1. The van der Waals surface area contributed by atoms with Gasteiger partial charge in [0.2, 0.25) is 5.78 Å². The van der Waals surface area contributed by atoms with Crippen molar-refractivity contribution >= 4 is 29.1 Å². The number of hydrogen-bond acceptors (Lipinski definition) is 9. The number of nitrogens with one attached hydrogen (secondary N) is 1. The van der Waals surface area contributed by atoms with Gasteiger partial charge in [-0.25, -0.2) is 0 Å². The molecule has 11 heteroatoms. The van der Waals surface area contributed by atoms with Gasteiger partial charge >= 0.3 is 0 Å². The molecule has 0 aliphatic heterocycles. The molecule has 0 heterocycles. The number of carbonyl (C=O) groups excluding carboxylic acids is 3. The summed E-state index contributed by atoms with van der Waals surface area (Å²) in [4.78, 5) is 41.2. The maximum Gasteiger partial charge on any atom is 0.255 e. The summed E-state index contributed by atoms with van der Waals surface area (Å²) < 4.78 is 0. The number of fused-ring (bicyclic) bond motifs is 3. The van der Waals surface area contributed by atoms with E-state index in [2.05, 4.69) is 5.32 Å². The van der Waals surface area contributed by atoms with Crippen molar-refractivity contribution in [3.05, 3.63) is 111 Å². The van der Waals surface area contributed by atoms with Gasteiger partial charge < -0.3 is 31.5 Å². The molecule has 1 amide bonds. The van der Waals surface area contributed by atoms with Gasteiger partial charge in [-0.3, -0.25) is 19.3 Å². The SMILES string of the molecule is CN(C)C1C(O)=C(C(N)=O)C(=O)[C@@]2(O)C(O)=C3C(=O)c4c(O)ccc(-c5ccc(CNCCc6ccc(Cl)cc6)cc5)c4C[C@H]3C[C@@H]12. The van der Waals surface area contributed by atoms with Crippen LogP contribution < -0.4 is 11.1 Å². The summed E-state index contributed by atoms with van der Waals surface area (Å²) in [6, 6.07) is 17.8. The predicted molar refractivity (Wildman–Crippen MR) is 176 cm³/mol. The quantitative estimate of drug-likeness (QED) is 0.156. The first-order chi connectivity index (χ1) is 22.3. The second kappa shape index (κ2) is 12.3. The van der Waals surface area contributed by atoms with Gasteiger partial charge in [-0.1, -0.05) is 54.1 Å². The molecule has 47 heavy (non-hydrogen) atoms. The van der Waals surface area contributed by atoms with Crippen molar-refractivity contribution in [2.24, 2.45) is 17.6 Å². The third-order valence-electron chi connectivity index (χ3n) is 9.70. The molecule has 0 saturated carbocycles. The number of Topliss-reactive ketones (excluding diaryl/α,β-unsaturated/α-hetero) is 2. The largest absolute Gasteiger partial charge is 0.510 e. The van der Waals surface area contributed by atoms with Gasteiger partial charge in [0.05, 0.1) is 11.6 Å². The minimum absolute atomic E-state index is 0.0174. The van der Waals surface area contributed by atoms with Crippen molar-refractivity contribution in [1.29, 1.82) is 0 Å². The number of nitrogens with zero attached hydrogens (tertiary/aromatic N) is 1. The lowest BCUT2D eigenvalue weighted by Gasteiger charge is -2.50. The number of ketones is 2. The Hall–Kier alpha value is -4.48. The summed E-state index contributed by atoms with van der Waals surface area (Å²) in [7, 11) is 3.20. The highest BCUT2D eigenvalue weighted by atomic mass is 35.5. The van der Waals surface area contributed by atoms with Crippen LogP contribution >= 0.6 is 11.6 Å². The van der Waals surface area contributed by atoms with E-state index in [1.807, 2.05) is 48.5 Å². The summed E-state index contributed by atoms with van der Waals surface area (Å²) in [5.74, 6) is -6.73. The number of allylic oxidation sites excluding steroid dienone is 1. The molecule has 0 spiro atoms. The van der Waals surface area contributed by atoms with Crippen LogP contribution in [-0.2, 0) is 29.0 Å². The van der Waals surface area contributed by atoms with Gasteiger partial charge in [0.1, 0.15) is 22.8 Å². The minimum Gasteiger partial charge on any atom is -0.510 e. The average Bonchev–Trinajstić information content (AvgIpc) is 3.02. The Morgan fingerprint density at radius 2 is 1.66 bits per heavy atom. The molecule has 7 N–H and O–H groups in total. The van der Waals surface area contributed by atoms with Gasteiger partial charge in [0, 0.05) is 23.1 Å². The van der Waals surface area contributed by atoms with E-state index in [0.29, 0.717) is 17.1 Å². The van der Waals surface area contributed by atoms with Crippen molar-refractivity contribution in [3.63, 3.8) is 0 Å². The lowest BCUT2D eigenvalue weighted by Crippen LogP contribution is -2.63. The van der Waals surface area contributed by atoms with Crippen molar-refractivity contribution in [3.8, 4) is 16.9 Å². The third kappa shape index (κ3) is 5.41. The fraction of sp³-hybridized carbons (Fsp3) is 0.306. The zero-order valence-corrected chi connectivity index (χ0v) is 26.7. The number of carbonyl (C=O) groups is 3. The number of hydrogen-bond donors (Lipinski definition) is 6. The molecule has 3 aliphatic rings. The molecule has 0 bridgehead atoms. The van der Waals surface area contributed by atoms with Crippen LogP contribution in [0, 0.1) is 11.8 Å². The third-order valence-corrected chi connectivity index (χ3v) is 9.96. The Morgan fingerprint density at radius 1 is 1.00 bits per heavy atom. The number of phenolic OH excluding ortho intramolecular Hbond substituents is 1. The van der Waals surface area contributed by atoms with Crippen molar-refractivity contribution in [2.75, 3.05) is 20.6 Å². The van der Waals surface area contributed by atoms with Crippen molar-refractivity contribution < 1.29 is 34.8 Å². The molecule has 3 aromatic rings. The number of aliphatic hydroxyl groups excluding tert-OH is 2. The van der Waals surface area contributed by atoms with Gasteiger partial charge in [-0.2, -0.15) is 0 Å². The molecular formula is C36H36ClN3O7. The van der Waals surface area contributed by atoms with Crippen LogP contribution in [0.5, 0.6) is 5.75 Å². The molecule has 0 saturated heterocycles. The standard InChI is InChI=1S/C36H36ClN3O7/c1-40(2)30-25-16-21-15-24-23(20-7-3-19(4-8-20)17-39-14-13-18-5-9-22(37)10-6-18)11-12-26(41)28(24)31(42)27(21)33(44)36(25,47)34(45)29(32(30)43)35(38)46/h3-12,21,25,30,39,41,43-44,47H,13-17H2,1-2H3,(H2,38,46)/t21-,25-,30?,36-/m0/s1. The maximum absolute atomic E-state index is 14.0. The summed E-state index contributed by atoms with van der Waals surface area (Å²) in [6.45, 7) is 1.44. The highest BCUT2D eigenvalue weighted by Gasteiger charge is 2.63. The molecule has 3 aromatic carbocycles. The van der Waals surface area contributed by atoms with Crippen LogP contribution in [-0.4, -0.2) is 75.1 Å². The molecule has 0 aromatic heterocycles. The second-order valence-corrected chi connectivity index (χ2v) is 13.1. The number of benzene rings is 3. The van der Waals surface area contributed by atoms with E-state index < -0.39 is 58.0 Å². The van der Waals surface area contributed by atoms with E-state index in [9.17, 15) is 34.8 Å². The molecule has 10 nitrogen and oxygen atoms in total. The highest BCUT2D eigenvalue weighted by Crippen LogP contribution is 2.53. The Balaban J connectivity index is 1.30. The van der Waals surface area contributed by atoms with E-state index in [-0.39, 0.29) is 29.7 Å². The number of amides is 1. The molecular weight excluding hydrogens is 622 g/mol. The van der Waals surface area contributed by atoms with E-state index in [0.717, 1.165) is 29.7 Å². The average molecular weight is 658 g/mol. The zero-order valence-electron chi connectivity index (χ0n) is 26.0. The zero-order chi connectivity index (χ0) is 33.8. The van der Waals surface area contributed by atoms with Crippen molar-refractivity contribution in [1.82, 2.24) is 10.2 Å². The molecule has 3 aliphatic carbocycles. The maximum atomic E-state index is 14.0. The Bertz CT molecular complexity index is 1850. The normalized spacial score (nSPS) is 23.9. The van der Waals surface area contributed by atoms with Crippen molar-refractivity contribution in [2.45, 2.75) is 37.5 Å². The summed E-state index contributed by atoms with van der Waals surface area (Å²) >= 11 is 5.97. The fourth-order valence-corrected chi connectivity index (χ4v) is 7.57. The molecule has 244 valence electrons. The first kappa shape index (κ1) is 32.5. The number of aromatic hydroxyl groups is 1. The predicted octanol–water partition coefficient (Wildman–Crippen LogP) is 3.77. The van der Waals surface area contributed by atoms with E-state index >= 15 is 0 Å². The fourth-order valence-electron chi connectivity index (χ4n) is 7.44. The molecule has 0 radical (unpaired) electrons. The molecule has 4 atom stereocenters. The lowest BCUT2D eigenvalue weighted by atomic mass is 9.58. The number of aliphatic hydroxyl groups is 3. The lowest BCUT2D eigenvalue weighted by molar-refractivity contribution is -0.148. The number of halogens is 1. The smallest absolute Gasteiger partial charge is 0.255 e. The number of rotatable bonds is 8. The first-order valence-corrected chi connectivity index (χ1v) is 15.8. The van der Waals surface area contributed by atoms with Crippen LogP contribution in [0.4, 0.5) is 0 Å². The topological polar surface area (TPSA) is 173 Å².